The average Bonchev–Trinajstić information content (AvgIpc) is 2.83. The van der Waals surface area contributed by atoms with E-state index in [1.165, 1.54) is 25.7 Å². The zero-order chi connectivity index (χ0) is 20.8. The van der Waals surface area contributed by atoms with Gasteiger partial charge in [-0.25, -0.2) is 0 Å². The molecule has 1 aromatic rings. The van der Waals surface area contributed by atoms with Crippen molar-refractivity contribution in [1.29, 1.82) is 0 Å². The van der Waals surface area contributed by atoms with Gasteiger partial charge in [0.15, 0.2) is 11.8 Å². The fourth-order valence-corrected chi connectivity index (χ4v) is 4.21. The molecule has 0 unspecified atom stereocenters. The molecule has 1 rings (SSSR count). The van der Waals surface area contributed by atoms with E-state index < -0.39 is 11.0 Å². The molecule has 0 fully saturated rings. The molecule has 1 heterocycles. The zero-order valence-electron chi connectivity index (χ0n) is 18.6. The predicted octanol–water partition coefficient (Wildman–Crippen LogP) is 6.18. The van der Waals surface area contributed by atoms with Crippen LogP contribution in [0.5, 0.6) is 11.8 Å². The van der Waals surface area contributed by atoms with Crippen molar-refractivity contribution in [3.05, 3.63) is 11.6 Å². The number of hydrogen-bond acceptors (Lipinski definition) is 3. The summed E-state index contributed by atoms with van der Waals surface area (Å²) in [7, 11) is 0. The molecule has 0 atom stereocenters. The molecule has 0 saturated heterocycles. The molecule has 4 nitrogen and oxygen atoms in total. The first-order valence-electron chi connectivity index (χ1n) is 10.6. The van der Waals surface area contributed by atoms with Gasteiger partial charge in [0.05, 0.1) is 0 Å². The molecule has 0 aliphatic rings. The summed E-state index contributed by atoms with van der Waals surface area (Å²) in [5.41, 5.74) is -0.264. The first kappa shape index (κ1) is 23.6. The van der Waals surface area contributed by atoms with E-state index in [4.69, 9.17) is 0 Å². The summed E-state index contributed by atoms with van der Waals surface area (Å²) >= 11 is 0. The van der Waals surface area contributed by atoms with Crippen molar-refractivity contribution in [1.82, 2.24) is 4.57 Å². The van der Waals surface area contributed by atoms with Gasteiger partial charge >= 0.3 is 0 Å². The van der Waals surface area contributed by atoms with Crippen molar-refractivity contribution in [2.24, 2.45) is 11.3 Å². The first-order chi connectivity index (χ1) is 12.5. The number of rotatable bonds is 12. The van der Waals surface area contributed by atoms with Crippen LogP contribution in [0.25, 0.3) is 0 Å². The van der Waals surface area contributed by atoms with Gasteiger partial charge in [-0.3, -0.25) is 9.36 Å². The topological polar surface area (TPSA) is 62.5 Å². The molecule has 4 heteroatoms. The number of Topliss-reactive ketones (excluding diaryl/α,β-unsaturated/α-hetero) is 1. The van der Waals surface area contributed by atoms with Crippen LogP contribution < -0.4 is 0 Å². The maximum absolute atomic E-state index is 12.0. The minimum Gasteiger partial charge on any atom is -0.494 e. The van der Waals surface area contributed by atoms with Crippen LogP contribution in [0.3, 0.4) is 0 Å². The lowest BCUT2D eigenvalue weighted by Crippen LogP contribution is -2.35. The van der Waals surface area contributed by atoms with Crippen LogP contribution in [-0.4, -0.2) is 20.6 Å². The largest absolute Gasteiger partial charge is 0.494 e. The Bertz CT molecular complexity index is 605. The van der Waals surface area contributed by atoms with Crippen LogP contribution in [0.1, 0.15) is 99.0 Å². The summed E-state index contributed by atoms with van der Waals surface area (Å²) in [6.07, 6.45) is 8.38. The van der Waals surface area contributed by atoms with Crippen LogP contribution in [0.15, 0.2) is 6.07 Å². The Morgan fingerprint density at radius 3 is 2.04 bits per heavy atom. The van der Waals surface area contributed by atoms with Gasteiger partial charge in [-0.2, -0.15) is 0 Å². The number of ketones is 1. The SMILES string of the molecule is CCCCC(CCCC)Cc1cc(O)n(C(C)(C)CC(C)(C)C(C)=O)c1O. The van der Waals surface area contributed by atoms with E-state index in [9.17, 15) is 15.0 Å². The Labute approximate surface area is 166 Å². The summed E-state index contributed by atoms with van der Waals surface area (Å²) < 4.78 is 1.60. The summed E-state index contributed by atoms with van der Waals surface area (Å²) in [6.45, 7) is 13.8. The molecule has 0 aromatic carbocycles. The van der Waals surface area contributed by atoms with E-state index in [0.717, 1.165) is 24.8 Å². The molecule has 0 amide bonds. The third-order valence-corrected chi connectivity index (χ3v) is 5.90. The summed E-state index contributed by atoms with van der Waals surface area (Å²) in [5.74, 6) is 0.871. The highest BCUT2D eigenvalue weighted by Crippen LogP contribution is 2.42. The highest BCUT2D eigenvalue weighted by molar-refractivity contribution is 5.81. The van der Waals surface area contributed by atoms with Gasteiger partial charge in [0.2, 0.25) is 0 Å². The molecule has 0 aliphatic carbocycles. The average molecular weight is 380 g/mol. The van der Waals surface area contributed by atoms with Crippen LogP contribution in [0.4, 0.5) is 0 Å². The molecule has 27 heavy (non-hydrogen) atoms. The lowest BCUT2D eigenvalue weighted by molar-refractivity contribution is -0.126. The fourth-order valence-electron chi connectivity index (χ4n) is 4.21. The highest BCUT2D eigenvalue weighted by Gasteiger charge is 2.36. The normalized spacial score (nSPS) is 12.7. The fraction of sp³-hybridized carbons (Fsp3) is 0.783. The number of carbonyl (C=O) groups is 1. The van der Waals surface area contributed by atoms with Gasteiger partial charge in [0.25, 0.3) is 0 Å². The van der Waals surface area contributed by atoms with Gasteiger partial charge in [0.1, 0.15) is 5.78 Å². The predicted molar refractivity (Wildman–Crippen MR) is 112 cm³/mol. The van der Waals surface area contributed by atoms with E-state index in [1.807, 2.05) is 27.7 Å². The molecule has 2 N–H and O–H groups in total. The molecule has 1 aromatic heterocycles. The maximum Gasteiger partial charge on any atom is 0.197 e. The van der Waals surface area contributed by atoms with Crippen LogP contribution in [-0.2, 0) is 16.8 Å². The van der Waals surface area contributed by atoms with Crippen molar-refractivity contribution in [2.45, 2.75) is 105 Å². The monoisotopic (exact) mass is 379 g/mol. The van der Waals surface area contributed by atoms with Crippen LogP contribution in [0.2, 0.25) is 0 Å². The Morgan fingerprint density at radius 1 is 1.07 bits per heavy atom. The van der Waals surface area contributed by atoms with Gasteiger partial charge < -0.3 is 10.2 Å². The molecule has 0 spiro atoms. The van der Waals surface area contributed by atoms with Gasteiger partial charge in [0, 0.05) is 22.6 Å². The van der Waals surface area contributed by atoms with Gasteiger partial charge in [-0.15, -0.1) is 0 Å². The Morgan fingerprint density at radius 2 is 1.59 bits per heavy atom. The van der Waals surface area contributed by atoms with Crippen molar-refractivity contribution >= 4 is 5.78 Å². The van der Waals surface area contributed by atoms with Gasteiger partial charge in [-0.05, 0) is 39.5 Å². The standard InChI is InChI=1S/C23H41NO3/c1-8-10-12-18(13-11-9-2)14-19-15-20(26)24(21(19)27)23(6,7)16-22(4,5)17(3)25/h15,18,26-27H,8-14,16H2,1-7H3. The number of hydrogen-bond donors (Lipinski definition) is 2. The van der Waals surface area contributed by atoms with E-state index in [0.29, 0.717) is 12.3 Å². The maximum atomic E-state index is 12.0. The second kappa shape index (κ2) is 9.66. The third-order valence-electron chi connectivity index (χ3n) is 5.90. The molecule has 0 bridgehead atoms. The Hall–Kier alpha value is -1.45. The molecule has 0 radical (unpaired) electrons. The minimum atomic E-state index is -0.566. The molecule has 0 saturated carbocycles. The molecular formula is C23H41NO3. The van der Waals surface area contributed by atoms with Crippen molar-refractivity contribution in [3.63, 3.8) is 0 Å². The first-order valence-corrected chi connectivity index (χ1v) is 10.6. The highest BCUT2D eigenvalue weighted by atomic mass is 16.3. The van der Waals surface area contributed by atoms with Crippen molar-refractivity contribution in [2.75, 3.05) is 0 Å². The Balaban J connectivity index is 3.09. The second-order valence-corrected chi connectivity index (χ2v) is 9.47. The second-order valence-electron chi connectivity index (χ2n) is 9.47. The third kappa shape index (κ3) is 6.29. The number of carbonyl (C=O) groups excluding carboxylic acids is 1. The quantitative estimate of drug-likeness (QED) is 0.456. The van der Waals surface area contributed by atoms with Gasteiger partial charge in [-0.1, -0.05) is 66.2 Å². The molecule has 156 valence electrons. The summed E-state index contributed by atoms with van der Waals surface area (Å²) in [5, 5.41) is 21.5. The minimum absolute atomic E-state index is 0.0802. The number of aromatic nitrogens is 1. The number of nitrogens with zero attached hydrogens (tertiary/aromatic N) is 1. The molecule has 0 aliphatic heterocycles. The van der Waals surface area contributed by atoms with E-state index in [-0.39, 0.29) is 17.5 Å². The Kier molecular flexibility index (Phi) is 8.44. The summed E-state index contributed by atoms with van der Waals surface area (Å²) in [4.78, 5) is 12.0. The number of aromatic hydroxyl groups is 2. The lowest BCUT2D eigenvalue weighted by atomic mass is 9.77. The molecular weight excluding hydrogens is 338 g/mol. The van der Waals surface area contributed by atoms with Crippen LogP contribution in [0, 0.1) is 11.3 Å². The van der Waals surface area contributed by atoms with Crippen molar-refractivity contribution < 1.29 is 15.0 Å². The van der Waals surface area contributed by atoms with E-state index >= 15 is 0 Å². The van der Waals surface area contributed by atoms with Crippen LogP contribution >= 0.6 is 0 Å². The summed E-state index contributed by atoms with van der Waals surface area (Å²) in [6, 6.07) is 1.71. The number of unbranched alkanes of at least 4 members (excludes halogenated alkanes) is 2. The van der Waals surface area contributed by atoms with Crippen molar-refractivity contribution in [3.8, 4) is 11.8 Å². The lowest BCUT2D eigenvalue weighted by Gasteiger charge is -2.35. The van der Waals surface area contributed by atoms with E-state index in [2.05, 4.69) is 13.8 Å². The zero-order valence-corrected chi connectivity index (χ0v) is 18.6. The van der Waals surface area contributed by atoms with E-state index in [1.54, 1.807) is 17.6 Å². The smallest absolute Gasteiger partial charge is 0.197 e.